The van der Waals surface area contributed by atoms with E-state index in [-0.39, 0.29) is 12.5 Å². The lowest BCUT2D eigenvalue weighted by atomic mass is 10.2. The highest BCUT2D eigenvalue weighted by atomic mass is 32.2. The molecule has 1 aromatic rings. The Morgan fingerprint density at radius 3 is 3.06 bits per heavy atom. The van der Waals surface area contributed by atoms with Crippen LogP contribution in [0.4, 0.5) is 5.69 Å². The van der Waals surface area contributed by atoms with Crippen LogP contribution in [0.25, 0.3) is 0 Å². The van der Waals surface area contributed by atoms with E-state index in [0.29, 0.717) is 5.75 Å². The monoisotopic (exact) mass is 235 g/mol. The molecule has 0 heterocycles. The number of nitrogens with one attached hydrogen (secondary N) is 1. The normalized spacial score (nSPS) is 9.50. The van der Waals surface area contributed by atoms with Crippen molar-refractivity contribution < 1.29 is 4.79 Å². The summed E-state index contributed by atoms with van der Waals surface area (Å²) in [6.45, 7) is 1.97. The molecule has 0 aliphatic heterocycles. The summed E-state index contributed by atoms with van der Waals surface area (Å²) in [7, 11) is 0. The second kappa shape index (κ2) is 6.03. The summed E-state index contributed by atoms with van der Waals surface area (Å²) in [4.78, 5) is 12.2. The van der Waals surface area contributed by atoms with Crippen molar-refractivity contribution in [3.05, 3.63) is 23.8 Å². The largest absolute Gasteiger partial charge is 0.398 e. The molecular formula is C11H13N3OS. The second-order valence-corrected chi connectivity index (χ2v) is 4.21. The Kier molecular flexibility index (Phi) is 4.67. The number of hydrogen-bond donors (Lipinski definition) is 2. The zero-order valence-corrected chi connectivity index (χ0v) is 9.80. The first-order chi connectivity index (χ1) is 7.65. The summed E-state index contributed by atoms with van der Waals surface area (Å²) in [6, 6.07) is 7.47. The number of hydrogen-bond acceptors (Lipinski definition) is 4. The average molecular weight is 235 g/mol. The lowest BCUT2D eigenvalue weighted by Gasteiger charge is -2.07. The number of carbonyl (C=O) groups excluding carboxylic acids is 1. The molecule has 16 heavy (non-hydrogen) atoms. The van der Waals surface area contributed by atoms with Gasteiger partial charge in [0.1, 0.15) is 6.54 Å². The number of anilines is 1. The second-order valence-electron chi connectivity index (χ2n) is 3.19. The summed E-state index contributed by atoms with van der Waals surface area (Å²) in [5, 5.41) is 10.8. The predicted octanol–water partition coefficient (Wildman–Crippen LogP) is 1.31. The maximum absolute atomic E-state index is 11.3. The van der Waals surface area contributed by atoms with Gasteiger partial charge in [0.15, 0.2) is 0 Å². The molecule has 0 radical (unpaired) electrons. The van der Waals surface area contributed by atoms with Gasteiger partial charge in [0, 0.05) is 10.6 Å². The minimum absolute atomic E-state index is 0.0509. The third-order valence-corrected chi connectivity index (χ3v) is 3.21. The van der Waals surface area contributed by atoms with Gasteiger partial charge in [-0.2, -0.15) is 5.26 Å². The van der Waals surface area contributed by atoms with E-state index in [0.717, 1.165) is 16.1 Å². The van der Waals surface area contributed by atoms with E-state index < -0.39 is 0 Å². The van der Waals surface area contributed by atoms with Gasteiger partial charge in [0.2, 0.25) is 5.91 Å². The van der Waals surface area contributed by atoms with E-state index >= 15 is 0 Å². The smallest absolute Gasteiger partial charge is 0.231 e. The quantitative estimate of drug-likeness (QED) is 0.468. The summed E-state index contributed by atoms with van der Waals surface area (Å²) in [5.74, 6) is 0.153. The topological polar surface area (TPSA) is 78.9 Å². The fourth-order valence-corrected chi connectivity index (χ4v) is 2.02. The van der Waals surface area contributed by atoms with Crippen molar-refractivity contribution in [2.24, 2.45) is 0 Å². The first kappa shape index (κ1) is 12.4. The van der Waals surface area contributed by atoms with E-state index in [1.165, 1.54) is 11.8 Å². The van der Waals surface area contributed by atoms with Crippen LogP contribution in [0, 0.1) is 18.3 Å². The molecule has 3 N–H and O–H groups in total. The number of carbonyl (C=O) groups is 1. The summed E-state index contributed by atoms with van der Waals surface area (Å²) in [5.41, 5.74) is 7.46. The summed E-state index contributed by atoms with van der Waals surface area (Å²) >= 11 is 1.42. The van der Waals surface area contributed by atoms with Crippen LogP contribution < -0.4 is 11.1 Å². The van der Waals surface area contributed by atoms with Crippen LogP contribution >= 0.6 is 11.8 Å². The number of rotatable bonds is 4. The molecule has 84 valence electrons. The molecular weight excluding hydrogens is 222 g/mol. The van der Waals surface area contributed by atoms with Gasteiger partial charge in [0.05, 0.1) is 11.8 Å². The molecule has 1 aromatic carbocycles. The molecule has 5 heteroatoms. The van der Waals surface area contributed by atoms with Gasteiger partial charge in [-0.1, -0.05) is 6.07 Å². The molecule has 0 unspecified atom stereocenters. The van der Waals surface area contributed by atoms with Gasteiger partial charge in [0.25, 0.3) is 0 Å². The van der Waals surface area contributed by atoms with Gasteiger partial charge in [-0.05, 0) is 24.6 Å². The van der Waals surface area contributed by atoms with Crippen LogP contribution in [-0.4, -0.2) is 18.2 Å². The third-order valence-electron chi connectivity index (χ3n) is 2.05. The summed E-state index contributed by atoms with van der Waals surface area (Å²) in [6.07, 6.45) is 0. The number of nitriles is 1. The number of benzene rings is 1. The maximum atomic E-state index is 11.3. The molecule has 0 aliphatic rings. The minimum atomic E-state index is -0.145. The zero-order chi connectivity index (χ0) is 12.0. The highest BCUT2D eigenvalue weighted by Crippen LogP contribution is 2.25. The van der Waals surface area contributed by atoms with Crippen molar-refractivity contribution in [3.63, 3.8) is 0 Å². The van der Waals surface area contributed by atoms with Crippen molar-refractivity contribution >= 4 is 23.4 Å². The Balaban J connectivity index is 2.52. The van der Waals surface area contributed by atoms with Crippen molar-refractivity contribution in [2.75, 3.05) is 18.0 Å². The molecule has 0 saturated heterocycles. The van der Waals surface area contributed by atoms with Gasteiger partial charge < -0.3 is 11.1 Å². The lowest BCUT2D eigenvalue weighted by molar-refractivity contribution is -0.118. The predicted molar refractivity (Wildman–Crippen MR) is 64.9 cm³/mol. The van der Waals surface area contributed by atoms with E-state index in [2.05, 4.69) is 5.32 Å². The fraction of sp³-hybridized carbons (Fsp3) is 0.273. The number of nitrogen functional groups attached to an aromatic ring is 1. The Bertz CT molecular complexity index is 426. The van der Waals surface area contributed by atoms with E-state index in [9.17, 15) is 4.79 Å². The number of amides is 1. The van der Waals surface area contributed by atoms with Crippen molar-refractivity contribution in [1.82, 2.24) is 5.32 Å². The Morgan fingerprint density at radius 2 is 2.38 bits per heavy atom. The lowest BCUT2D eigenvalue weighted by Crippen LogP contribution is -2.25. The van der Waals surface area contributed by atoms with E-state index in [1.54, 1.807) is 0 Å². The Labute approximate surface area is 98.8 Å². The van der Waals surface area contributed by atoms with Crippen LogP contribution in [0.2, 0.25) is 0 Å². The van der Waals surface area contributed by atoms with Crippen LogP contribution in [0.15, 0.2) is 23.1 Å². The fourth-order valence-electron chi connectivity index (χ4n) is 1.12. The van der Waals surface area contributed by atoms with E-state index in [1.807, 2.05) is 31.2 Å². The molecule has 4 nitrogen and oxygen atoms in total. The Morgan fingerprint density at radius 1 is 1.62 bits per heavy atom. The van der Waals surface area contributed by atoms with Gasteiger partial charge in [-0.25, -0.2) is 0 Å². The van der Waals surface area contributed by atoms with Crippen LogP contribution in [-0.2, 0) is 4.79 Å². The third kappa shape index (κ3) is 3.48. The molecule has 1 rings (SSSR count). The summed E-state index contributed by atoms with van der Waals surface area (Å²) < 4.78 is 0. The highest BCUT2D eigenvalue weighted by molar-refractivity contribution is 8.00. The van der Waals surface area contributed by atoms with Crippen molar-refractivity contribution in [3.8, 4) is 6.07 Å². The van der Waals surface area contributed by atoms with Gasteiger partial charge in [-0.15, -0.1) is 11.8 Å². The van der Waals surface area contributed by atoms with Crippen LogP contribution in [0.1, 0.15) is 5.56 Å². The molecule has 0 fully saturated rings. The first-order valence-electron chi connectivity index (χ1n) is 4.76. The van der Waals surface area contributed by atoms with Gasteiger partial charge in [-0.3, -0.25) is 4.79 Å². The molecule has 0 aromatic heterocycles. The molecule has 0 aliphatic carbocycles. The highest BCUT2D eigenvalue weighted by Gasteiger charge is 2.05. The standard InChI is InChI=1S/C11H13N3OS/c1-8-9(13)3-2-4-10(8)16-7-11(15)14-6-5-12/h2-4H,6-7,13H2,1H3,(H,14,15). The molecule has 0 spiro atoms. The van der Waals surface area contributed by atoms with Crippen molar-refractivity contribution in [2.45, 2.75) is 11.8 Å². The SMILES string of the molecule is Cc1c(N)cccc1SCC(=O)NCC#N. The zero-order valence-electron chi connectivity index (χ0n) is 8.99. The minimum Gasteiger partial charge on any atom is -0.398 e. The first-order valence-corrected chi connectivity index (χ1v) is 5.75. The average Bonchev–Trinajstić information content (AvgIpc) is 2.28. The molecule has 0 atom stereocenters. The molecule has 1 amide bonds. The molecule has 0 bridgehead atoms. The van der Waals surface area contributed by atoms with Crippen LogP contribution in [0.3, 0.4) is 0 Å². The number of nitrogens with two attached hydrogens (primary N) is 1. The van der Waals surface area contributed by atoms with Crippen molar-refractivity contribution in [1.29, 1.82) is 5.26 Å². The van der Waals surface area contributed by atoms with Gasteiger partial charge >= 0.3 is 0 Å². The number of thioether (sulfide) groups is 1. The number of nitrogens with zero attached hydrogens (tertiary/aromatic N) is 1. The van der Waals surface area contributed by atoms with Crippen LogP contribution in [0.5, 0.6) is 0 Å². The van der Waals surface area contributed by atoms with E-state index in [4.69, 9.17) is 11.0 Å². The Hall–Kier alpha value is -1.67. The molecule has 0 saturated carbocycles. The maximum Gasteiger partial charge on any atom is 0.231 e.